The van der Waals surface area contributed by atoms with Crippen LogP contribution in [-0.4, -0.2) is 23.2 Å². The second-order valence-corrected chi connectivity index (χ2v) is 9.06. The van der Waals surface area contributed by atoms with Crippen molar-refractivity contribution in [1.29, 1.82) is 0 Å². The van der Waals surface area contributed by atoms with Gasteiger partial charge < -0.3 is 15.8 Å². The lowest BCUT2D eigenvalue weighted by Gasteiger charge is -2.21. The molecule has 5 nitrogen and oxygen atoms in total. The molecule has 0 spiro atoms. The monoisotopic (exact) mass is 468 g/mol. The van der Waals surface area contributed by atoms with E-state index < -0.39 is 17.8 Å². The van der Waals surface area contributed by atoms with Gasteiger partial charge in [-0.1, -0.05) is 6.08 Å². The van der Waals surface area contributed by atoms with Crippen LogP contribution in [0.3, 0.4) is 0 Å². The fraction of sp³-hybridized carbons (Fsp3) is 0.385. The third kappa shape index (κ3) is 4.22. The second kappa shape index (κ2) is 8.58. The minimum atomic E-state index is -4.46. The van der Waals surface area contributed by atoms with E-state index in [4.69, 9.17) is 15.5 Å². The predicted octanol–water partition coefficient (Wildman–Crippen LogP) is 6.00. The van der Waals surface area contributed by atoms with Gasteiger partial charge >= 0.3 is 6.18 Å². The van der Waals surface area contributed by atoms with Crippen molar-refractivity contribution >= 4 is 28.0 Å². The molecule has 1 aliphatic heterocycles. The van der Waals surface area contributed by atoms with E-state index in [0.29, 0.717) is 30.4 Å². The molecule has 0 unspecified atom stereocenters. The highest BCUT2D eigenvalue weighted by atomic mass is 19.4. The first kappa shape index (κ1) is 22.7. The van der Waals surface area contributed by atoms with Crippen molar-refractivity contribution < 1.29 is 17.9 Å². The summed E-state index contributed by atoms with van der Waals surface area (Å²) in [6.45, 7) is 4.95. The number of ether oxygens (including phenoxy) is 1. The zero-order valence-electron chi connectivity index (χ0n) is 19.2. The standard InChI is InChI=1S/C26H27F3N4O/c1-14(17-10-18(26(27,28)29)12-19(30)11-17)31-25-23-13-22(16-6-8-34-9-7-16)20-4-3-5-21(20)24(23)32-15(2)33-25/h6,10-14H,3-5,7-9,30H2,1-2H3,(H,31,32,33)/t14-/m1/s1. The van der Waals surface area contributed by atoms with Crippen molar-refractivity contribution in [2.45, 2.75) is 51.7 Å². The van der Waals surface area contributed by atoms with Gasteiger partial charge in [0.2, 0.25) is 0 Å². The largest absolute Gasteiger partial charge is 0.416 e. The first-order valence-corrected chi connectivity index (χ1v) is 11.5. The van der Waals surface area contributed by atoms with E-state index in [9.17, 15) is 13.2 Å². The molecular weight excluding hydrogens is 441 g/mol. The van der Waals surface area contributed by atoms with Crippen LogP contribution in [-0.2, 0) is 23.8 Å². The SMILES string of the molecule is Cc1nc(N[C@H](C)c2cc(N)cc(C(F)(F)F)c2)c2cc(C3=CCOCC3)c3c(c2n1)CCC3. The van der Waals surface area contributed by atoms with Crippen molar-refractivity contribution in [1.82, 2.24) is 9.97 Å². The fourth-order valence-corrected chi connectivity index (χ4v) is 5.03. The Balaban J connectivity index is 1.60. The summed E-state index contributed by atoms with van der Waals surface area (Å²) in [7, 11) is 0. The molecule has 0 fully saturated rings. The maximum atomic E-state index is 13.3. The topological polar surface area (TPSA) is 73.1 Å². The lowest BCUT2D eigenvalue weighted by molar-refractivity contribution is -0.137. The van der Waals surface area contributed by atoms with Gasteiger partial charge in [0.05, 0.1) is 30.3 Å². The Morgan fingerprint density at radius 2 is 1.85 bits per heavy atom. The molecule has 1 atom stereocenters. The third-order valence-corrected chi connectivity index (χ3v) is 6.64. The number of hydrogen-bond donors (Lipinski definition) is 2. The highest BCUT2D eigenvalue weighted by molar-refractivity contribution is 5.96. The van der Waals surface area contributed by atoms with E-state index in [1.165, 1.54) is 22.3 Å². The van der Waals surface area contributed by atoms with E-state index in [2.05, 4.69) is 22.4 Å². The summed E-state index contributed by atoms with van der Waals surface area (Å²) in [4.78, 5) is 9.42. The second-order valence-electron chi connectivity index (χ2n) is 9.06. The van der Waals surface area contributed by atoms with E-state index in [-0.39, 0.29) is 5.69 Å². The van der Waals surface area contributed by atoms with Crippen molar-refractivity contribution in [2.24, 2.45) is 0 Å². The summed E-state index contributed by atoms with van der Waals surface area (Å²) in [5.74, 6) is 1.24. The molecule has 0 saturated heterocycles. The van der Waals surface area contributed by atoms with Crippen LogP contribution in [0.1, 0.15) is 59.4 Å². The van der Waals surface area contributed by atoms with Crippen molar-refractivity contribution in [3.63, 3.8) is 0 Å². The van der Waals surface area contributed by atoms with E-state index in [1.54, 1.807) is 6.07 Å². The lowest BCUT2D eigenvalue weighted by Crippen LogP contribution is -2.13. The van der Waals surface area contributed by atoms with Gasteiger partial charge in [-0.15, -0.1) is 0 Å². The molecule has 2 aromatic carbocycles. The van der Waals surface area contributed by atoms with Gasteiger partial charge in [0.25, 0.3) is 0 Å². The summed E-state index contributed by atoms with van der Waals surface area (Å²) >= 11 is 0. The summed E-state index contributed by atoms with van der Waals surface area (Å²) in [5.41, 5.74) is 11.6. The summed E-state index contributed by atoms with van der Waals surface area (Å²) in [6, 6.07) is 5.36. The fourth-order valence-electron chi connectivity index (χ4n) is 5.03. The Bertz CT molecular complexity index is 1300. The van der Waals surface area contributed by atoms with Crippen LogP contribution in [0.15, 0.2) is 30.3 Å². The number of halogens is 3. The lowest BCUT2D eigenvalue weighted by atomic mass is 9.91. The number of nitrogens with one attached hydrogen (secondary N) is 1. The smallest absolute Gasteiger partial charge is 0.399 e. The maximum absolute atomic E-state index is 13.3. The molecule has 0 saturated carbocycles. The zero-order valence-corrected chi connectivity index (χ0v) is 19.2. The van der Waals surface area contributed by atoms with Crippen LogP contribution in [0, 0.1) is 6.92 Å². The quantitative estimate of drug-likeness (QED) is 0.459. The third-order valence-electron chi connectivity index (χ3n) is 6.64. The van der Waals surface area contributed by atoms with Crippen molar-refractivity contribution in [3.8, 4) is 0 Å². The van der Waals surface area contributed by atoms with Crippen LogP contribution >= 0.6 is 0 Å². The van der Waals surface area contributed by atoms with Gasteiger partial charge in [0.1, 0.15) is 11.6 Å². The average molecular weight is 469 g/mol. The van der Waals surface area contributed by atoms with Crippen LogP contribution in [0.25, 0.3) is 16.5 Å². The zero-order chi connectivity index (χ0) is 24.0. The van der Waals surface area contributed by atoms with Gasteiger partial charge in [-0.25, -0.2) is 9.97 Å². The molecule has 2 heterocycles. The predicted molar refractivity (Wildman–Crippen MR) is 128 cm³/mol. The van der Waals surface area contributed by atoms with Crippen LogP contribution in [0.5, 0.6) is 0 Å². The minimum absolute atomic E-state index is 0.0776. The number of nitrogens with two attached hydrogens (primary N) is 1. The Morgan fingerprint density at radius 1 is 1.06 bits per heavy atom. The Kier molecular flexibility index (Phi) is 5.72. The van der Waals surface area contributed by atoms with Crippen molar-refractivity contribution in [3.05, 3.63) is 64.0 Å². The number of hydrogen-bond acceptors (Lipinski definition) is 5. The van der Waals surface area contributed by atoms with E-state index in [0.717, 1.165) is 48.7 Å². The number of anilines is 2. The molecule has 0 radical (unpaired) electrons. The first-order chi connectivity index (χ1) is 16.2. The van der Waals surface area contributed by atoms with Gasteiger partial charge in [0.15, 0.2) is 0 Å². The molecule has 34 heavy (non-hydrogen) atoms. The molecule has 5 rings (SSSR count). The Labute approximate surface area is 196 Å². The molecule has 2 aliphatic rings. The normalized spacial score (nSPS) is 16.9. The van der Waals surface area contributed by atoms with Crippen LogP contribution in [0.2, 0.25) is 0 Å². The highest BCUT2D eigenvalue weighted by Crippen LogP contribution is 2.39. The number of nitrogens with zero attached hydrogens (tertiary/aromatic N) is 2. The van der Waals surface area contributed by atoms with E-state index >= 15 is 0 Å². The van der Waals surface area contributed by atoms with Crippen LogP contribution in [0.4, 0.5) is 24.7 Å². The molecule has 0 amide bonds. The first-order valence-electron chi connectivity index (χ1n) is 11.5. The van der Waals surface area contributed by atoms with Crippen molar-refractivity contribution in [2.75, 3.05) is 24.3 Å². The Hall–Kier alpha value is -3.13. The molecule has 178 valence electrons. The van der Waals surface area contributed by atoms with Gasteiger partial charge in [0, 0.05) is 11.1 Å². The van der Waals surface area contributed by atoms with Gasteiger partial charge in [-0.3, -0.25) is 0 Å². The maximum Gasteiger partial charge on any atom is 0.416 e. The number of nitrogen functional groups attached to an aromatic ring is 1. The number of fused-ring (bicyclic) bond motifs is 3. The number of alkyl halides is 3. The molecule has 3 aromatic rings. The number of aromatic nitrogens is 2. The molecule has 1 aliphatic carbocycles. The minimum Gasteiger partial charge on any atom is -0.399 e. The summed E-state index contributed by atoms with van der Waals surface area (Å²) < 4.78 is 45.5. The molecule has 8 heteroatoms. The molecule has 1 aromatic heterocycles. The number of benzene rings is 2. The summed E-state index contributed by atoms with van der Waals surface area (Å²) in [6.07, 6.45) is 1.59. The summed E-state index contributed by atoms with van der Waals surface area (Å²) in [5, 5.41) is 4.24. The highest BCUT2D eigenvalue weighted by Gasteiger charge is 2.31. The number of aryl methyl sites for hydroxylation is 2. The van der Waals surface area contributed by atoms with Gasteiger partial charge in [-0.05, 0) is 91.6 Å². The van der Waals surface area contributed by atoms with E-state index in [1.807, 2.05) is 13.8 Å². The molecule has 3 N–H and O–H groups in total. The Morgan fingerprint density at radius 3 is 2.59 bits per heavy atom. The van der Waals surface area contributed by atoms with Crippen LogP contribution < -0.4 is 11.1 Å². The average Bonchev–Trinajstić information content (AvgIpc) is 3.28. The van der Waals surface area contributed by atoms with Gasteiger partial charge in [-0.2, -0.15) is 13.2 Å². The number of rotatable bonds is 4. The molecular formula is C26H27F3N4O. The molecule has 0 bridgehead atoms.